The van der Waals surface area contributed by atoms with Crippen LogP contribution >= 0.6 is 0 Å². The van der Waals surface area contributed by atoms with Gasteiger partial charge in [0, 0.05) is 43.7 Å². The number of hydrogen-bond donors (Lipinski definition) is 2. The molecule has 27 heavy (non-hydrogen) atoms. The predicted octanol–water partition coefficient (Wildman–Crippen LogP) is 3.16. The number of aromatic nitrogens is 1. The van der Waals surface area contributed by atoms with E-state index in [4.69, 9.17) is 0 Å². The molecule has 2 aromatic rings. The normalized spacial score (nSPS) is 10.2. The fourth-order valence-electron chi connectivity index (χ4n) is 2.42. The van der Waals surface area contributed by atoms with Crippen LogP contribution in [0.2, 0.25) is 0 Å². The van der Waals surface area contributed by atoms with E-state index in [0.717, 1.165) is 12.8 Å². The molecule has 0 bridgehead atoms. The predicted molar refractivity (Wildman–Crippen MR) is 105 cm³/mol. The SMILES string of the molecule is CCCCN(C)C(=O)c1cc(C(=O)Nc2ccc(NC(C)=O)cc2)ccn1. The minimum Gasteiger partial charge on any atom is -0.340 e. The summed E-state index contributed by atoms with van der Waals surface area (Å²) in [5.41, 5.74) is 1.82. The number of hydrogen-bond acceptors (Lipinski definition) is 4. The number of nitrogens with zero attached hydrogens (tertiary/aromatic N) is 2. The van der Waals surface area contributed by atoms with E-state index in [1.165, 1.54) is 19.2 Å². The number of carbonyl (C=O) groups excluding carboxylic acids is 3. The lowest BCUT2D eigenvalue weighted by molar-refractivity contribution is -0.114. The van der Waals surface area contributed by atoms with Crippen LogP contribution < -0.4 is 10.6 Å². The number of rotatable bonds is 7. The zero-order valence-electron chi connectivity index (χ0n) is 15.8. The fourth-order valence-corrected chi connectivity index (χ4v) is 2.42. The lowest BCUT2D eigenvalue weighted by Gasteiger charge is -2.16. The number of carbonyl (C=O) groups is 3. The average Bonchev–Trinajstić information content (AvgIpc) is 2.66. The van der Waals surface area contributed by atoms with Crippen LogP contribution in [0.15, 0.2) is 42.6 Å². The van der Waals surface area contributed by atoms with Crippen molar-refractivity contribution in [3.63, 3.8) is 0 Å². The fraction of sp³-hybridized carbons (Fsp3) is 0.300. The van der Waals surface area contributed by atoms with Gasteiger partial charge in [0.2, 0.25) is 5.91 Å². The maximum absolute atomic E-state index is 12.5. The Morgan fingerprint density at radius 3 is 2.26 bits per heavy atom. The van der Waals surface area contributed by atoms with E-state index in [9.17, 15) is 14.4 Å². The van der Waals surface area contributed by atoms with Crippen molar-refractivity contribution in [1.29, 1.82) is 0 Å². The van der Waals surface area contributed by atoms with Gasteiger partial charge in [0.05, 0.1) is 0 Å². The third-order valence-corrected chi connectivity index (χ3v) is 3.90. The highest BCUT2D eigenvalue weighted by Crippen LogP contribution is 2.15. The van der Waals surface area contributed by atoms with Crippen molar-refractivity contribution in [3.8, 4) is 0 Å². The number of pyridine rings is 1. The zero-order chi connectivity index (χ0) is 19.8. The molecule has 0 radical (unpaired) electrons. The van der Waals surface area contributed by atoms with Crippen molar-refractivity contribution in [2.75, 3.05) is 24.2 Å². The van der Waals surface area contributed by atoms with E-state index >= 15 is 0 Å². The number of benzene rings is 1. The Balaban J connectivity index is 2.06. The molecule has 0 atom stereocenters. The minimum atomic E-state index is -0.338. The first-order valence-corrected chi connectivity index (χ1v) is 8.81. The van der Waals surface area contributed by atoms with Crippen LogP contribution in [0.25, 0.3) is 0 Å². The molecule has 7 heteroatoms. The van der Waals surface area contributed by atoms with Gasteiger partial charge in [-0.2, -0.15) is 0 Å². The van der Waals surface area contributed by atoms with Crippen molar-refractivity contribution in [2.45, 2.75) is 26.7 Å². The first-order chi connectivity index (χ1) is 12.9. The molecule has 2 N–H and O–H groups in total. The Kier molecular flexibility index (Phi) is 7.05. The van der Waals surface area contributed by atoms with Gasteiger partial charge in [0.25, 0.3) is 11.8 Å². The van der Waals surface area contributed by atoms with E-state index in [0.29, 0.717) is 23.5 Å². The molecule has 3 amide bonds. The van der Waals surface area contributed by atoms with Gasteiger partial charge in [0.1, 0.15) is 5.69 Å². The average molecular weight is 368 g/mol. The molecule has 2 rings (SSSR count). The third-order valence-electron chi connectivity index (χ3n) is 3.90. The van der Waals surface area contributed by atoms with E-state index in [1.807, 2.05) is 0 Å². The summed E-state index contributed by atoms with van der Waals surface area (Å²) in [6.07, 6.45) is 3.36. The molecule has 7 nitrogen and oxygen atoms in total. The minimum absolute atomic E-state index is 0.162. The third kappa shape index (κ3) is 5.91. The summed E-state index contributed by atoms with van der Waals surface area (Å²) in [5, 5.41) is 5.42. The van der Waals surface area contributed by atoms with Crippen LogP contribution in [-0.2, 0) is 4.79 Å². The van der Waals surface area contributed by atoms with Gasteiger partial charge in [0.15, 0.2) is 0 Å². The topological polar surface area (TPSA) is 91.4 Å². The second-order valence-electron chi connectivity index (χ2n) is 6.22. The van der Waals surface area contributed by atoms with Crippen LogP contribution in [0, 0.1) is 0 Å². The van der Waals surface area contributed by atoms with Crippen LogP contribution in [-0.4, -0.2) is 41.2 Å². The molecule has 1 aromatic carbocycles. The van der Waals surface area contributed by atoms with Gasteiger partial charge in [-0.25, -0.2) is 0 Å². The van der Waals surface area contributed by atoms with E-state index in [2.05, 4.69) is 22.5 Å². The molecule has 1 heterocycles. The van der Waals surface area contributed by atoms with Gasteiger partial charge in [-0.05, 0) is 42.8 Å². The Hall–Kier alpha value is -3.22. The van der Waals surface area contributed by atoms with E-state index in [-0.39, 0.29) is 23.4 Å². The van der Waals surface area contributed by atoms with Crippen LogP contribution in [0.3, 0.4) is 0 Å². The molecule has 142 valence electrons. The molecule has 0 saturated heterocycles. The largest absolute Gasteiger partial charge is 0.340 e. The first-order valence-electron chi connectivity index (χ1n) is 8.81. The van der Waals surface area contributed by atoms with Crippen molar-refractivity contribution < 1.29 is 14.4 Å². The van der Waals surface area contributed by atoms with Crippen LogP contribution in [0.5, 0.6) is 0 Å². The zero-order valence-corrected chi connectivity index (χ0v) is 15.8. The molecule has 1 aromatic heterocycles. The van der Waals surface area contributed by atoms with Gasteiger partial charge in [-0.15, -0.1) is 0 Å². The van der Waals surface area contributed by atoms with Gasteiger partial charge >= 0.3 is 0 Å². The van der Waals surface area contributed by atoms with Crippen molar-refractivity contribution >= 4 is 29.1 Å². The Morgan fingerprint density at radius 1 is 1.04 bits per heavy atom. The summed E-state index contributed by atoms with van der Waals surface area (Å²) in [6.45, 7) is 4.13. The molecule has 0 aliphatic carbocycles. The highest BCUT2D eigenvalue weighted by Gasteiger charge is 2.15. The second kappa shape index (κ2) is 9.47. The summed E-state index contributed by atoms with van der Waals surface area (Å²) in [5.74, 6) is -0.711. The number of nitrogens with one attached hydrogen (secondary N) is 2. The molecular formula is C20H24N4O3. The summed E-state index contributed by atoms with van der Waals surface area (Å²) < 4.78 is 0. The quantitative estimate of drug-likeness (QED) is 0.785. The smallest absolute Gasteiger partial charge is 0.272 e. The number of unbranched alkanes of at least 4 members (excludes halogenated alkanes) is 1. The van der Waals surface area contributed by atoms with E-state index < -0.39 is 0 Å². The molecule has 0 saturated carbocycles. The lowest BCUT2D eigenvalue weighted by atomic mass is 10.2. The van der Waals surface area contributed by atoms with Crippen molar-refractivity contribution in [3.05, 3.63) is 53.9 Å². The highest BCUT2D eigenvalue weighted by atomic mass is 16.2. The molecular weight excluding hydrogens is 344 g/mol. The van der Waals surface area contributed by atoms with Gasteiger partial charge in [-0.1, -0.05) is 13.3 Å². The molecule has 0 aliphatic rings. The Bertz CT molecular complexity index is 818. The lowest BCUT2D eigenvalue weighted by Crippen LogP contribution is -2.28. The summed E-state index contributed by atoms with van der Waals surface area (Å²) >= 11 is 0. The number of amides is 3. The van der Waals surface area contributed by atoms with Gasteiger partial charge in [-0.3, -0.25) is 19.4 Å². The van der Waals surface area contributed by atoms with Crippen molar-refractivity contribution in [2.24, 2.45) is 0 Å². The number of anilines is 2. The standard InChI is InChI=1S/C20H24N4O3/c1-4-5-12-24(3)20(27)18-13-15(10-11-21-18)19(26)23-17-8-6-16(7-9-17)22-14(2)25/h6-11,13H,4-5,12H2,1-3H3,(H,22,25)(H,23,26). The summed E-state index contributed by atoms with van der Waals surface area (Å²) in [7, 11) is 1.73. The van der Waals surface area contributed by atoms with E-state index in [1.54, 1.807) is 42.3 Å². The Labute approximate surface area is 158 Å². The molecule has 0 aliphatic heterocycles. The van der Waals surface area contributed by atoms with Crippen LogP contribution in [0.4, 0.5) is 11.4 Å². The van der Waals surface area contributed by atoms with Gasteiger partial charge < -0.3 is 15.5 Å². The first kappa shape index (κ1) is 20.1. The molecule has 0 unspecified atom stereocenters. The summed E-state index contributed by atoms with van der Waals surface area (Å²) in [6, 6.07) is 9.82. The van der Waals surface area contributed by atoms with Crippen molar-refractivity contribution in [1.82, 2.24) is 9.88 Å². The molecule has 0 fully saturated rings. The van der Waals surface area contributed by atoms with Crippen LogP contribution in [0.1, 0.15) is 47.5 Å². The second-order valence-corrected chi connectivity index (χ2v) is 6.22. The maximum atomic E-state index is 12.5. The Morgan fingerprint density at radius 2 is 1.67 bits per heavy atom. The highest BCUT2D eigenvalue weighted by molar-refractivity contribution is 6.05. The monoisotopic (exact) mass is 368 g/mol. The summed E-state index contributed by atoms with van der Waals surface area (Å²) in [4.78, 5) is 41.6. The maximum Gasteiger partial charge on any atom is 0.272 e. The molecule has 0 spiro atoms.